The summed E-state index contributed by atoms with van der Waals surface area (Å²) in [6.45, 7) is 4.88. The van der Waals surface area contributed by atoms with E-state index in [1.807, 2.05) is 32.3 Å². The predicted octanol–water partition coefficient (Wildman–Crippen LogP) is 2.52. The molecule has 2 aromatic rings. The zero-order chi connectivity index (χ0) is 14.5. The Morgan fingerprint density at radius 2 is 2.05 bits per heavy atom. The Labute approximate surface area is 118 Å². The van der Waals surface area contributed by atoms with Gasteiger partial charge in [0.05, 0.1) is 17.9 Å². The lowest BCUT2D eigenvalue weighted by atomic mass is 10.2. The Kier molecular flexibility index (Phi) is 4.40. The van der Waals surface area contributed by atoms with Crippen LogP contribution in [-0.2, 0) is 18.3 Å². The van der Waals surface area contributed by atoms with Crippen LogP contribution in [0.4, 0.5) is 5.69 Å². The van der Waals surface area contributed by atoms with Crippen molar-refractivity contribution < 1.29 is 9.53 Å². The second kappa shape index (κ2) is 6.23. The molecule has 2 rings (SSSR count). The topological polar surface area (TPSA) is 56.1 Å². The minimum absolute atomic E-state index is 0.290. The summed E-state index contributed by atoms with van der Waals surface area (Å²) in [6.07, 6.45) is 2.00. The fourth-order valence-electron chi connectivity index (χ4n) is 1.96. The number of nitrogens with one attached hydrogen (secondary N) is 1. The number of carbonyl (C=O) groups is 1. The summed E-state index contributed by atoms with van der Waals surface area (Å²) in [4.78, 5) is 11.5. The molecule has 1 heterocycles. The van der Waals surface area contributed by atoms with Crippen LogP contribution in [0, 0.1) is 6.92 Å². The minimum Gasteiger partial charge on any atom is -0.462 e. The Bertz CT molecular complexity index is 588. The number of rotatable bonds is 5. The third-order valence-electron chi connectivity index (χ3n) is 2.99. The van der Waals surface area contributed by atoms with E-state index >= 15 is 0 Å². The molecule has 0 aliphatic heterocycles. The molecule has 0 radical (unpaired) electrons. The largest absolute Gasteiger partial charge is 0.462 e. The number of ether oxygens (including phenoxy) is 1. The first-order valence-corrected chi connectivity index (χ1v) is 6.60. The summed E-state index contributed by atoms with van der Waals surface area (Å²) in [5.41, 5.74) is 3.70. The first-order chi connectivity index (χ1) is 9.60. The van der Waals surface area contributed by atoms with Gasteiger partial charge < -0.3 is 10.1 Å². The van der Waals surface area contributed by atoms with Crippen LogP contribution in [0.3, 0.4) is 0 Å². The standard InChI is InChI=1S/C15H19N3O2/c1-4-20-15(19)12-5-7-14(8-6-12)16-9-13-10-18(3)17-11(13)2/h5-8,10,16H,4,9H2,1-3H3. The number of hydrogen-bond acceptors (Lipinski definition) is 4. The lowest BCUT2D eigenvalue weighted by molar-refractivity contribution is 0.0526. The second-order valence-corrected chi connectivity index (χ2v) is 4.56. The third kappa shape index (κ3) is 3.38. The lowest BCUT2D eigenvalue weighted by Gasteiger charge is -2.07. The zero-order valence-electron chi connectivity index (χ0n) is 12.0. The van der Waals surface area contributed by atoms with Crippen molar-refractivity contribution in [2.24, 2.45) is 7.05 Å². The van der Waals surface area contributed by atoms with E-state index in [0.717, 1.165) is 16.9 Å². The highest BCUT2D eigenvalue weighted by Crippen LogP contribution is 2.13. The maximum atomic E-state index is 11.5. The van der Waals surface area contributed by atoms with Gasteiger partial charge >= 0.3 is 5.97 Å². The number of aryl methyl sites for hydroxylation is 2. The highest BCUT2D eigenvalue weighted by Gasteiger charge is 2.06. The van der Waals surface area contributed by atoms with E-state index in [1.165, 1.54) is 0 Å². The van der Waals surface area contributed by atoms with Crippen molar-refractivity contribution in [3.8, 4) is 0 Å². The number of esters is 1. The molecule has 1 aromatic carbocycles. The molecule has 0 saturated carbocycles. The lowest BCUT2D eigenvalue weighted by Crippen LogP contribution is -2.05. The van der Waals surface area contributed by atoms with Crippen LogP contribution in [0.25, 0.3) is 0 Å². The molecule has 106 valence electrons. The fraction of sp³-hybridized carbons (Fsp3) is 0.333. The average molecular weight is 273 g/mol. The number of anilines is 1. The quantitative estimate of drug-likeness (QED) is 0.850. The van der Waals surface area contributed by atoms with Gasteiger partial charge in [-0.2, -0.15) is 5.10 Å². The number of carbonyl (C=O) groups excluding carboxylic acids is 1. The van der Waals surface area contributed by atoms with E-state index in [1.54, 1.807) is 23.7 Å². The summed E-state index contributed by atoms with van der Waals surface area (Å²) in [6, 6.07) is 7.27. The molecule has 0 atom stereocenters. The number of benzene rings is 1. The normalized spacial score (nSPS) is 10.3. The van der Waals surface area contributed by atoms with Crippen LogP contribution in [0.5, 0.6) is 0 Å². The summed E-state index contributed by atoms with van der Waals surface area (Å²) >= 11 is 0. The first kappa shape index (κ1) is 14.1. The molecule has 5 nitrogen and oxygen atoms in total. The van der Waals surface area contributed by atoms with Crippen molar-refractivity contribution in [3.63, 3.8) is 0 Å². The number of nitrogens with zero attached hydrogens (tertiary/aromatic N) is 2. The van der Waals surface area contributed by atoms with Crippen LogP contribution in [-0.4, -0.2) is 22.4 Å². The van der Waals surface area contributed by atoms with Gasteiger partial charge in [0, 0.05) is 31.0 Å². The van der Waals surface area contributed by atoms with Crippen LogP contribution in [0.15, 0.2) is 30.5 Å². The third-order valence-corrected chi connectivity index (χ3v) is 2.99. The molecule has 0 unspecified atom stereocenters. The maximum Gasteiger partial charge on any atom is 0.338 e. The number of hydrogen-bond donors (Lipinski definition) is 1. The van der Waals surface area contributed by atoms with E-state index in [2.05, 4.69) is 10.4 Å². The second-order valence-electron chi connectivity index (χ2n) is 4.56. The van der Waals surface area contributed by atoms with Crippen LogP contribution in [0.2, 0.25) is 0 Å². The summed E-state index contributed by atoms with van der Waals surface area (Å²) in [7, 11) is 1.91. The Hall–Kier alpha value is -2.30. The van der Waals surface area contributed by atoms with Gasteiger partial charge in [0.25, 0.3) is 0 Å². The van der Waals surface area contributed by atoms with Gasteiger partial charge in [-0.3, -0.25) is 4.68 Å². The van der Waals surface area contributed by atoms with Crippen molar-refractivity contribution in [2.75, 3.05) is 11.9 Å². The molecule has 0 bridgehead atoms. The zero-order valence-corrected chi connectivity index (χ0v) is 12.0. The molecule has 0 aliphatic rings. The Morgan fingerprint density at radius 3 is 2.60 bits per heavy atom. The maximum absolute atomic E-state index is 11.5. The van der Waals surface area contributed by atoms with Gasteiger partial charge in [0.1, 0.15) is 0 Å². The van der Waals surface area contributed by atoms with Crippen LogP contribution < -0.4 is 5.32 Å². The fourth-order valence-corrected chi connectivity index (χ4v) is 1.96. The first-order valence-electron chi connectivity index (χ1n) is 6.60. The van der Waals surface area contributed by atoms with Crippen molar-refractivity contribution >= 4 is 11.7 Å². The molecule has 0 aliphatic carbocycles. The minimum atomic E-state index is -0.290. The van der Waals surface area contributed by atoms with Crippen LogP contribution >= 0.6 is 0 Å². The Balaban J connectivity index is 1.97. The molecule has 0 fully saturated rings. The molecular weight excluding hydrogens is 254 g/mol. The number of aromatic nitrogens is 2. The molecule has 0 spiro atoms. The molecular formula is C15H19N3O2. The van der Waals surface area contributed by atoms with Gasteiger partial charge in [0.15, 0.2) is 0 Å². The van der Waals surface area contributed by atoms with E-state index < -0.39 is 0 Å². The molecule has 1 aromatic heterocycles. The smallest absolute Gasteiger partial charge is 0.338 e. The van der Waals surface area contributed by atoms with Crippen molar-refractivity contribution in [2.45, 2.75) is 20.4 Å². The molecule has 0 saturated heterocycles. The van der Waals surface area contributed by atoms with Gasteiger partial charge in [-0.25, -0.2) is 4.79 Å². The van der Waals surface area contributed by atoms with E-state index in [-0.39, 0.29) is 5.97 Å². The van der Waals surface area contributed by atoms with E-state index in [0.29, 0.717) is 18.7 Å². The summed E-state index contributed by atoms with van der Waals surface area (Å²) in [5.74, 6) is -0.290. The van der Waals surface area contributed by atoms with Crippen LogP contribution in [0.1, 0.15) is 28.5 Å². The van der Waals surface area contributed by atoms with Gasteiger partial charge in [-0.15, -0.1) is 0 Å². The van der Waals surface area contributed by atoms with Gasteiger partial charge in [-0.1, -0.05) is 0 Å². The Morgan fingerprint density at radius 1 is 1.35 bits per heavy atom. The summed E-state index contributed by atoms with van der Waals surface area (Å²) < 4.78 is 6.75. The monoisotopic (exact) mass is 273 g/mol. The van der Waals surface area contributed by atoms with E-state index in [4.69, 9.17) is 4.74 Å². The molecule has 20 heavy (non-hydrogen) atoms. The summed E-state index contributed by atoms with van der Waals surface area (Å²) in [5, 5.41) is 7.60. The predicted molar refractivity (Wildman–Crippen MR) is 77.7 cm³/mol. The van der Waals surface area contributed by atoms with Crippen molar-refractivity contribution in [1.82, 2.24) is 9.78 Å². The van der Waals surface area contributed by atoms with Gasteiger partial charge in [-0.05, 0) is 38.1 Å². The van der Waals surface area contributed by atoms with Gasteiger partial charge in [0.2, 0.25) is 0 Å². The highest BCUT2D eigenvalue weighted by atomic mass is 16.5. The SMILES string of the molecule is CCOC(=O)c1ccc(NCc2cn(C)nc2C)cc1. The van der Waals surface area contributed by atoms with E-state index in [9.17, 15) is 4.79 Å². The molecule has 0 amide bonds. The molecule has 1 N–H and O–H groups in total. The molecule has 5 heteroatoms. The average Bonchev–Trinajstić information content (AvgIpc) is 2.75. The van der Waals surface area contributed by atoms with Crippen molar-refractivity contribution in [1.29, 1.82) is 0 Å². The van der Waals surface area contributed by atoms with Crippen molar-refractivity contribution in [3.05, 3.63) is 47.3 Å². The highest BCUT2D eigenvalue weighted by molar-refractivity contribution is 5.89.